The third-order valence-corrected chi connectivity index (χ3v) is 6.80. The van der Waals surface area contributed by atoms with Gasteiger partial charge in [-0.1, -0.05) is 30.3 Å². The first-order valence-electron chi connectivity index (χ1n) is 12.0. The number of amides is 1. The predicted octanol–water partition coefficient (Wildman–Crippen LogP) is 1.77. The van der Waals surface area contributed by atoms with Crippen LogP contribution in [0.2, 0.25) is 0 Å². The van der Waals surface area contributed by atoms with Crippen LogP contribution in [0, 0.1) is 0 Å². The molecular weight excluding hydrogens is 418 g/mol. The molecule has 5 rings (SSSR count). The van der Waals surface area contributed by atoms with Crippen LogP contribution in [0.3, 0.4) is 0 Å². The predicted molar refractivity (Wildman–Crippen MR) is 125 cm³/mol. The minimum absolute atomic E-state index is 0.0662. The van der Waals surface area contributed by atoms with Crippen LogP contribution in [-0.4, -0.2) is 90.9 Å². The quantitative estimate of drug-likeness (QED) is 0.722. The fraction of sp³-hybridized carbons (Fsp3) is 0.500. The number of fused-ring (bicyclic) bond motifs is 2. The van der Waals surface area contributed by atoms with E-state index in [0.29, 0.717) is 37.6 Å². The zero-order valence-electron chi connectivity index (χ0n) is 19.1. The second kappa shape index (κ2) is 10.2. The van der Waals surface area contributed by atoms with Crippen molar-refractivity contribution < 1.29 is 19.4 Å². The number of nitrogens with zero attached hydrogens (tertiary/aromatic N) is 3. The number of rotatable bonds is 6. The topological polar surface area (TPSA) is 65.5 Å². The summed E-state index contributed by atoms with van der Waals surface area (Å²) in [6.07, 6.45) is 0.404. The van der Waals surface area contributed by atoms with E-state index >= 15 is 0 Å². The number of hydrogen-bond donors (Lipinski definition) is 1. The summed E-state index contributed by atoms with van der Waals surface area (Å²) in [5.74, 6) is 0.582. The van der Waals surface area contributed by atoms with Gasteiger partial charge in [-0.2, -0.15) is 0 Å². The number of β-amino-alcohol motifs (C(OH)–C–C–N with tert-alkyl or cyclic N) is 1. The fourth-order valence-electron chi connectivity index (χ4n) is 5.01. The molecule has 1 fully saturated rings. The molecule has 7 heteroatoms. The molecule has 33 heavy (non-hydrogen) atoms. The number of aliphatic hydroxyl groups excluding tert-OH is 1. The van der Waals surface area contributed by atoms with Crippen molar-refractivity contribution in [3.05, 3.63) is 64.7 Å². The maximum atomic E-state index is 13.2. The molecule has 0 spiro atoms. The van der Waals surface area contributed by atoms with Crippen molar-refractivity contribution in [1.29, 1.82) is 0 Å². The Morgan fingerprint density at radius 3 is 2.58 bits per heavy atom. The molecule has 1 N–H and O–H groups in total. The summed E-state index contributed by atoms with van der Waals surface area (Å²) < 4.78 is 11.4. The van der Waals surface area contributed by atoms with Gasteiger partial charge in [0.05, 0.1) is 31.4 Å². The second-order valence-electron chi connectivity index (χ2n) is 9.23. The van der Waals surface area contributed by atoms with Crippen LogP contribution >= 0.6 is 0 Å². The van der Waals surface area contributed by atoms with Crippen LogP contribution < -0.4 is 4.74 Å². The average Bonchev–Trinajstić information content (AvgIpc) is 2.98. The molecule has 3 heterocycles. The van der Waals surface area contributed by atoms with Gasteiger partial charge in [0.1, 0.15) is 12.4 Å². The van der Waals surface area contributed by atoms with E-state index in [0.717, 1.165) is 57.9 Å². The molecule has 3 aliphatic heterocycles. The Morgan fingerprint density at radius 2 is 1.73 bits per heavy atom. The maximum absolute atomic E-state index is 13.2. The van der Waals surface area contributed by atoms with Crippen LogP contribution in [0.4, 0.5) is 0 Å². The molecule has 7 nitrogen and oxygen atoms in total. The molecule has 1 atom stereocenters. The number of aliphatic hydroxyl groups is 1. The lowest BCUT2D eigenvalue weighted by atomic mass is 10.00. The molecule has 0 bridgehead atoms. The van der Waals surface area contributed by atoms with Gasteiger partial charge in [-0.3, -0.25) is 14.6 Å². The highest BCUT2D eigenvalue weighted by molar-refractivity contribution is 5.97. The third kappa shape index (κ3) is 5.38. The SMILES string of the molecule is O=C1c2ccc(CN3CCOCC3)cc2OCCN1CC(O)CN1CCc2ccccc2C1. The van der Waals surface area contributed by atoms with Crippen LogP contribution in [0.1, 0.15) is 27.0 Å². The Labute approximate surface area is 195 Å². The van der Waals surface area contributed by atoms with Crippen molar-refractivity contribution in [1.82, 2.24) is 14.7 Å². The first kappa shape index (κ1) is 22.3. The number of carbonyl (C=O) groups excluding carboxylic acids is 1. The van der Waals surface area contributed by atoms with Gasteiger partial charge in [-0.15, -0.1) is 0 Å². The number of hydrogen-bond acceptors (Lipinski definition) is 6. The van der Waals surface area contributed by atoms with Crippen molar-refractivity contribution in [3.8, 4) is 5.75 Å². The van der Waals surface area contributed by atoms with E-state index in [9.17, 15) is 9.90 Å². The molecule has 0 saturated carbocycles. The standard InChI is InChI=1S/C26H33N3O4/c30-23(18-28-8-7-21-3-1-2-4-22(21)17-28)19-29-11-14-33-25-15-20(5-6-24(25)26(29)31)16-27-9-12-32-13-10-27/h1-6,15,23,30H,7-14,16-19H2. The zero-order chi connectivity index (χ0) is 22.6. The highest BCUT2D eigenvalue weighted by atomic mass is 16.5. The largest absolute Gasteiger partial charge is 0.491 e. The minimum atomic E-state index is -0.596. The van der Waals surface area contributed by atoms with Crippen LogP contribution in [0.25, 0.3) is 0 Å². The Morgan fingerprint density at radius 1 is 0.909 bits per heavy atom. The van der Waals surface area contributed by atoms with E-state index in [1.807, 2.05) is 18.2 Å². The van der Waals surface area contributed by atoms with Gasteiger partial charge in [0.2, 0.25) is 0 Å². The van der Waals surface area contributed by atoms with E-state index in [4.69, 9.17) is 9.47 Å². The van der Waals surface area contributed by atoms with Gasteiger partial charge < -0.3 is 19.5 Å². The summed E-state index contributed by atoms with van der Waals surface area (Å²) in [4.78, 5) is 19.6. The average molecular weight is 452 g/mol. The second-order valence-corrected chi connectivity index (χ2v) is 9.23. The van der Waals surface area contributed by atoms with E-state index in [2.05, 4.69) is 34.1 Å². The van der Waals surface area contributed by atoms with E-state index < -0.39 is 6.10 Å². The van der Waals surface area contributed by atoms with Gasteiger partial charge >= 0.3 is 0 Å². The number of carbonyl (C=O) groups is 1. The van der Waals surface area contributed by atoms with Gasteiger partial charge in [-0.05, 0) is 35.2 Å². The smallest absolute Gasteiger partial charge is 0.257 e. The molecule has 176 valence electrons. The zero-order valence-corrected chi connectivity index (χ0v) is 19.1. The first-order valence-corrected chi connectivity index (χ1v) is 12.0. The summed E-state index contributed by atoms with van der Waals surface area (Å²) >= 11 is 0. The summed E-state index contributed by atoms with van der Waals surface area (Å²) in [6, 6.07) is 14.4. The molecular formula is C26H33N3O4. The Balaban J connectivity index is 1.19. The van der Waals surface area contributed by atoms with Gasteiger partial charge in [0.25, 0.3) is 5.91 Å². The van der Waals surface area contributed by atoms with E-state index in [1.54, 1.807) is 4.90 Å². The summed E-state index contributed by atoms with van der Waals surface area (Å²) in [5, 5.41) is 10.8. The number of benzene rings is 2. The van der Waals surface area contributed by atoms with E-state index in [1.165, 1.54) is 11.1 Å². The van der Waals surface area contributed by atoms with Crippen molar-refractivity contribution in [2.24, 2.45) is 0 Å². The monoisotopic (exact) mass is 451 g/mol. The molecule has 3 aliphatic rings. The maximum Gasteiger partial charge on any atom is 0.257 e. The first-order chi connectivity index (χ1) is 16.2. The lowest BCUT2D eigenvalue weighted by molar-refractivity contribution is 0.0341. The van der Waals surface area contributed by atoms with Crippen LogP contribution in [-0.2, 0) is 24.2 Å². The van der Waals surface area contributed by atoms with Gasteiger partial charge in [-0.25, -0.2) is 0 Å². The molecule has 1 amide bonds. The highest BCUT2D eigenvalue weighted by Crippen LogP contribution is 2.26. The molecule has 1 unspecified atom stereocenters. The van der Waals surface area contributed by atoms with Crippen LogP contribution in [0.5, 0.6) is 5.75 Å². The van der Waals surface area contributed by atoms with Crippen LogP contribution in [0.15, 0.2) is 42.5 Å². The number of morpholine rings is 1. The lowest BCUT2D eigenvalue weighted by Gasteiger charge is -2.32. The van der Waals surface area contributed by atoms with Crippen molar-refractivity contribution in [3.63, 3.8) is 0 Å². The summed E-state index contributed by atoms with van der Waals surface area (Å²) in [5.41, 5.74) is 4.45. The summed E-state index contributed by atoms with van der Waals surface area (Å²) in [6.45, 7) is 7.77. The Bertz CT molecular complexity index is 976. The van der Waals surface area contributed by atoms with Gasteiger partial charge in [0.15, 0.2) is 0 Å². The molecule has 1 saturated heterocycles. The Kier molecular flexibility index (Phi) is 6.92. The highest BCUT2D eigenvalue weighted by Gasteiger charge is 2.27. The minimum Gasteiger partial charge on any atom is -0.491 e. The van der Waals surface area contributed by atoms with Crippen molar-refractivity contribution in [2.75, 3.05) is 59.1 Å². The number of ether oxygens (including phenoxy) is 2. The molecule has 0 aromatic heterocycles. The molecule has 2 aromatic carbocycles. The molecule has 0 aliphatic carbocycles. The Hall–Kier alpha value is -2.45. The molecule has 0 radical (unpaired) electrons. The fourth-order valence-corrected chi connectivity index (χ4v) is 5.01. The summed E-state index contributed by atoms with van der Waals surface area (Å²) in [7, 11) is 0. The van der Waals surface area contributed by atoms with Crippen molar-refractivity contribution >= 4 is 5.91 Å². The van der Waals surface area contributed by atoms with E-state index in [-0.39, 0.29) is 5.91 Å². The molecule has 2 aromatic rings. The lowest BCUT2D eigenvalue weighted by Crippen LogP contribution is -2.44. The normalized spacial score (nSPS) is 20.5. The van der Waals surface area contributed by atoms with Crippen molar-refractivity contribution in [2.45, 2.75) is 25.6 Å². The third-order valence-electron chi connectivity index (χ3n) is 6.80. The van der Waals surface area contributed by atoms with Gasteiger partial charge in [0, 0.05) is 45.8 Å².